The van der Waals surface area contributed by atoms with Gasteiger partial charge < -0.3 is 0 Å². The van der Waals surface area contributed by atoms with Crippen molar-refractivity contribution in [1.82, 2.24) is 9.55 Å². The lowest BCUT2D eigenvalue weighted by Gasteiger charge is -2.03. The molecular formula is C9H8Cl2N2O. The van der Waals surface area contributed by atoms with Gasteiger partial charge in [-0.2, -0.15) is 0 Å². The van der Waals surface area contributed by atoms with Crippen LogP contribution in [0.3, 0.4) is 0 Å². The number of aryl methyl sites for hydroxylation is 1. The lowest BCUT2D eigenvalue weighted by Crippen LogP contribution is -2.21. The largest absolute Gasteiger partial charge is 0.298 e. The summed E-state index contributed by atoms with van der Waals surface area (Å²) in [5.74, 6) is 2.49. The number of unbranched alkanes of at least 4 members (excludes halogenated alkanes) is 1. The lowest BCUT2D eigenvalue weighted by atomic mass is 10.3. The molecule has 0 N–H and O–H groups in total. The summed E-state index contributed by atoms with van der Waals surface area (Å²) in [5, 5.41) is -0.0141. The van der Waals surface area contributed by atoms with E-state index in [2.05, 4.69) is 10.9 Å². The van der Waals surface area contributed by atoms with Gasteiger partial charge in [0.25, 0.3) is 5.56 Å². The van der Waals surface area contributed by atoms with Gasteiger partial charge in [-0.25, -0.2) is 4.98 Å². The zero-order valence-corrected chi connectivity index (χ0v) is 8.85. The van der Waals surface area contributed by atoms with Crippen LogP contribution in [0.15, 0.2) is 11.1 Å². The van der Waals surface area contributed by atoms with Gasteiger partial charge in [-0.1, -0.05) is 23.2 Å². The zero-order chi connectivity index (χ0) is 10.6. The third-order valence-electron chi connectivity index (χ3n) is 1.66. The van der Waals surface area contributed by atoms with Gasteiger partial charge in [-0.15, -0.1) is 12.3 Å². The second-order valence-electron chi connectivity index (χ2n) is 2.66. The van der Waals surface area contributed by atoms with E-state index in [1.807, 2.05) is 0 Å². The second kappa shape index (κ2) is 5.04. The van der Waals surface area contributed by atoms with Crippen molar-refractivity contribution in [3.8, 4) is 12.3 Å². The van der Waals surface area contributed by atoms with Crippen molar-refractivity contribution in [2.45, 2.75) is 19.4 Å². The van der Waals surface area contributed by atoms with Gasteiger partial charge in [0.15, 0.2) is 5.15 Å². The smallest absolute Gasteiger partial charge is 0.273 e. The van der Waals surface area contributed by atoms with Crippen LogP contribution in [0.5, 0.6) is 0 Å². The molecule has 14 heavy (non-hydrogen) atoms. The molecule has 0 amide bonds. The first-order valence-corrected chi connectivity index (χ1v) is 4.76. The minimum absolute atomic E-state index is 0.0323. The van der Waals surface area contributed by atoms with Crippen LogP contribution in [0.1, 0.15) is 12.8 Å². The summed E-state index contributed by atoms with van der Waals surface area (Å²) < 4.78 is 1.39. The van der Waals surface area contributed by atoms with Gasteiger partial charge in [-0.05, 0) is 6.42 Å². The van der Waals surface area contributed by atoms with Gasteiger partial charge in [-0.3, -0.25) is 9.36 Å². The highest BCUT2D eigenvalue weighted by Gasteiger charge is 2.06. The normalized spacial score (nSPS) is 9.79. The molecular weight excluding hydrogens is 223 g/mol. The van der Waals surface area contributed by atoms with Crippen LogP contribution in [-0.4, -0.2) is 9.55 Å². The number of aromatic nitrogens is 2. The van der Waals surface area contributed by atoms with Crippen molar-refractivity contribution in [3.63, 3.8) is 0 Å². The van der Waals surface area contributed by atoms with Crippen molar-refractivity contribution >= 4 is 23.2 Å². The Hall–Kier alpha value is -0.980. The number of terminal acetylenes is 1. The number of hydrogen-bond donors (Lipinski definition) is 0. The molecule has 0 aliphatic heterocycles. The topological polar surface area (TPSA) is 34.9 Å². The van der Waals surface area contributed by atoms with E-state index in [0.717, 1.165) is 6.42 Å². The van der Waals surface area contributed by atoms with E-state index in [4.69, 9.17) is 29.6 Å². The summed E-state index contributed by atoms with van der Waals surface area (Å²) in [4.78, 5) is 15.2. The van der Waals surface area contributed by atoms with Crippen LogP contribution < -0.4 is 5.56 Å². The molecule has 1 aromatic rings. The third kappa shape index (κ3) is 2.50. The van der Waals surface area contributed by atoms with Crippen molar-refractivity contribution in [3.05, 3.63) is 26.9 Å². The molecule has 0 saturated carbocycles. The molecule has 0 atom stereocenters. The molecule has 1 rings (SSSR count). The standard InChI is InChI=1S/C9H8Cl2N2O/c1-2-3-4-5-13-6-12-8(11)7(10)9(13)14/h1,6H,3-5H2. The molecule has 3 nitrogen and oxygen atoms in total. The molecule has 0 spiro atoms. The maximum atomic E-state index is 11.4. The van der Waals surface area contributed by atoms with Gasteiger partial charge in [0.1, 0.15) is 5.02 Å². The Balaban J connectivity index is 2.85. The maximum Gasteiger partial charge on any atom is 0.273 e. The first-order valence-electron chi connectivity index (χ1n) is 4.00. The summed E-state index contributed by atoms with van der Waals surface area (Å²) >= 11 is 11.2. The van der Waals surface area contributed by atoms with Crippen molar-refractivity contribution in [2.24, 2.45) is 0 Å². The molecule has 0 fully saturated rings. The van der Waals surface area contributed by atoms with Crippen LogP contribution in [0.25, 0.3) is 0 Å². The van der Waals surface area contributed by atoms with Gasteiger partial charge in [0.2, 0.25) is 0 Å². The Labute approximate surface area is 91.7 Å². The summed E-state index contributed by atoms with van der Waals surface area (Å²) in [6.45, 7) is 0.507. The molecule has 0 aliphatic rings. The van der Waals surface area contributed by atoms with Gasteiger partial charge >= 0.3 is 0 Å². The number of nitrogens with zero attached hydrogens (tertiary/aromatic N) is 2. The quantitative estimate of drug-likeness (QED) is 0.452. The summed E-state index contributed by atoms with van der Waals surface area (Å²) in [6.07, 6.45) is 7.79. The Morgan fingerprint density at radius 3 is 2.93 bits per heavy atom. The monoisotopic (exact) mass is 230 g/mol. The van der Waals surface area contributed by atoms with Crippen molar-refractivity contribution in [1.29, 1.82) is 0 Å². The van der Waals surface area contributed by atoms with Crippen LogP contribution in [0, 0.1) is 12.3 Å². The Kier molecular flexibility index (Phi) is 3.99. The molecule has 0 unspecified atom stereocenters. The van der Waals surface area contributed by atoms with Crippen molar-refractivity contribution < 1.29 is 0 Å². The molecule has 74 valence electrons. The molecule has 5 heteroatoms. The lowest BCUT2D eigenvalue weighted by molar-refractivity contribution is 0.622. The highest BCUT2D eigenvalue weighted by molar-refractivity contribution is 6.40. The molecule has 0 radical (unpaired) electrons. The van der Waals surface area contributed by atoms with Crippen LogP contribution in [-0.2, 0) is 6.54 Å². The van der Waals surface area contributed by atoms with E-state index in [1.165, 1.54) is 10.9 Å². The average molecular weight is 231 g/mol. The Bertz CT molecular complexity index is 420. The van der Waals surface area contributed by atoms with E-state index >= 15 is 0 Å². The van der Waals surface area contributed by atoms with E-state index in [9.17, 15) is 4.79 Å². The predicted molar refractivity (Wildman–Crippen MR) is 56.6 cm³/mol. The van der Waals surface area contributed by atoms with Gasteiger partial charge in [0.05, 0.1) is 6.33 Å². The Morgan fingerprint density at radius 2 is 2.29 bits per heavy atom. The Morgan fingerprint density at radius 1 is 1.57 bits per heavy atom. The van der Waals surface area contributed by atoms with Crippen LogP contribution >= 0.6 is 23.2 Å². The minimum Gasteiger partial charge on any atom is -0.298 e. The first kappa shape index (κ1) is 11.1. The van der Waals surface area contributed by atoms with E-state index in [-0.39, 0.29) is 15.7 Å². The summed E-state index contributed by atoms with van der Waals surface area (Å²) in [7, 11) is 0. The predicted octanol–water partition coefficient (Wildman–Crippen LogP) is 1.96. The fraction of sp³-hybridized carbons (Fsp3) is 0.333. The highest BCUT2D eigenvalue weighted by atomic mass is 35.5. The SMILES string of the molecule is C#CCCCn1cnc(Cl)c(Cl)c1=O. The first-order chi connectivity index (χ1) is 6.66. The summed E-state index contributed by atoms with van der Waals surface area (Å²) in [5.41, 5.74) is -0.330. The van der Waals surface area contributed by atoms with Crippen LogP contribution in [0.2, 0.25) is 10.2 Å². The van der Waals surface area contributed by atoms with Crippen LogP contribution in [0.4, 0.5) is 0 Å². The maximum absolute atomic E-state index is 11.4. The molecule has 1 heterocycles. The molecule has 0 saturated heterocycles. The zero-order valence-electron chi connectivity index (χ0n) is 7.33. The second-order valence-corrected chi connectivity index (χ2v) is 3.39. The van der Waals surface area contributed by atoms with Crippen molar-refractivity contribution in [2.75, 3.05) is 0 Å². The summed E-state index contributed by atoms with van der Waals surface area (Å²) in [6, 6.07) is 0. The van der Waals surface area contributed by atoms with E-state index in [0.29, 0.717) is 13.0 Å². The van der Waals surface area contributed by atoms with Gasteiger partial charge in [0, 0.05) is 13.0 Å². The molecule has 0 aliphatic carbocycles. The van der Waals surface area contributed by atoms with E-state index in [1.54, 1.807) is 0 Å². The number of halogens is 2. The fourth-order valence-electron chi connectivity index (χ4n) is 0.955. The average Bonchev–Trinajstić information content (AvgIpc) is 2.18. The number of rotatable bonds is 3. The third-order valence-corrected chi connectivity index (χ3v) is 2.38. The fourth-order valence-corrected chi connectivity index (χ4v) is 1.24. The molecule has 0 bridgehead atoms. The molecule has 0 aromatic carbocycles. The minimum atomic E-state index is -0.330. The molecule has 1 aromatic heterocycles. The highest BCUT2D eigenvalue weighted by Crippen LogP contribution is 2.12. The van der Waals surface area contributed by atoms with E-state index < -0.39 is 0 Å². The number of hydrogen-bond acceptors (Lipinski definition) is 2.